The Balaban J connectivity index is 1.52. The molecule has 0 bridgehead atoms. The van der Waals surface area contributed by atoms with Crippen molar-refractivity contribution in [3.05, 3.63) is 52.3 Å². The maximum absolute atomic E-state index is 13.2. The first-order chi connectivity index (χ1) is 15.7. The highest BCUT2D eigenvalue weighted by molar-refractivity contribution is 6.06. The quantitative estimate of drug-likeness (QED) is 0.589. The summed E-state index contributed by atoms with van der Waals surface area (Å²) in [6.45, 7) is 5.87. The van der Waals surface area contributed by atoms with E-state index < -0.39 is 6.04 Å². The largest absolute Gasteiger partial charge is 0.354 e. The van der Waals surface area contributed by atoms with Crippen molar-refractivity contribution in [2.75, 3.05) is 5.32 Å². The second kappa shape index (κ2) is 8.86. The van der Waals surface area contributed by atoms with E-state index in [4.69, 9.17) is 5.26 Å². The molecule has 1 fully saturated rings. The number of rotatable bonds is 7. The van der Waals surface area contributed by atoms with Crippen LogP contribution in [0.15, 0.2) is 24.3 Å². The molecule has 7 heteroatoms. The number of nitrogens with zero attached hydrogens (tertiary/aromatic N) is 1. The summed E-state index contributed by atoms with van der Waals surface area (Å²) in [7, 11) is 0. The number of anilines is 1. The molecule has 2 aromatic rings. The fourth-order valence-corrected chi connectivity index (χ4v) is 4.66. The highest BCUT2D eigenvalue weighted by Gasteiger charge is 2.36. The minimum Gasteiger partial charge on any atom is -0.354 e. The summed E-state index contributed by atoms with van der Waals surface area (Å²) in [5.74, 6) is -0.0348. The van der Waals surface area contributed by atoms with Crippen molar-refractivity contribution in [1.29, 1.82) is 5.26 Å². The van der Waals surface area contributed by atoms with E-state index in [2.05, 4.69) is 21.7 Å². The second-order valence-corrected chi connectivity index (χ2v) is 10.1. The van der Waals surface area contributed by atoms with Crippen LogP contribution in [0.3, 0.4) is 0 Å². The lowest BCUT2D eigenvalue weighted by atomic mass is 9.75. The van der Waals surface area contributed by atoms with E-state index in [1.54, 1.807) is 31.2 Å². The third-order valence-electron chi connectivity index (χ3n) is 6.57. The summed E-state index contributed by atoms with van der Waals surface area (Å²) in [5, 5.41) is 14.8. The predicted molar refractivity (Wildman–Crippen MR) is 125 cm³/mol. The number of ketones is 1. The van der Waals surface area contributed by atoms with Gasteiger partial charge in [-0.15, -0.1) is 0 Å². The maximum atomic E-state index is 13.2. The lowest BCUT2D eigenvalue weighted by Crippen LogP contribution is -2.44. The monoisotopic (exact) mass is 446 g/mol. The number of nitrogens with one attached hydrogen (secondary N) is 3. The minimum absolute atomic E-state index is 0.0504. The molecule has 172 valence electrons. The van der Waals surface area contributed by atoms with Crippen molar-refractivity contribution in [3.63, 3.8) is 0 Å². The molecule has 0 spiro atoms. The van der Waals surface area contributed by atoms with Gasteiger partial charge in [-0.3, -0.25) is 14.4 Å². The second-order valence-electron chi connectivity index (χ2n) is 10.1. The third kappa shape index (κ3) is 5.16. The van der Waals surface area contributed by atoms with Crippen molar-refractivity contribution in [2.24, 2.45) is 11.3 Å². The van der Waals surface area contributed by atoms with Gasteiger partial charge in [0.15, 0.2) is 5.78 Å². The number of Topliss-reactive ketones (excluding diaryl/α,β-unsaturated/α-hetero) is 1. The van der Waals surface area contributed by atoms with Crippen LogP contribution in [0.5, 0.6) is 0 Å². The fraction of sp³-hybridized carbons (Fsp3) is 0.462. The number of aromatic nitrogens is 1. The molecule has 1 aromatic heterocycles. The summed E-state index contributed by atoms with van der Waals surface area (Å²) >= 11 is 0. The van der Waals surface area contributed by atoms with E-state index in [1.165, 1.54) is 0 Å². The number of hydrogen-bond acceptors (Lipinski definition) is 4. The molecule has 1 unspecified atom stereocenters. The van der Waals surface area contributed by atoms with Crippen LogP contribution in [0.4, 0.5) is 5.69 Å². The smallest absolute Gasteiger partial charge is 0.268 e. The molecule has 4 rings (SSSR count). The lowest BCUT2D eigenvalue weighted by Gasteiger charge is -2.28. The van der Waals surface area contributed by atoms with Crippen LogP contribution in [0.2, 0.25) is 0 Å². The van der Waals surface area contributed by atoms with Crippen molar-refractivity contribution < 1.29 is 14.4 Å². The number of fused-ring (bicyclic) bond motifs is 1. The summed E-state index contributed by atoms with van der Waals surface area (Å²) in [4.78, 5) is 42.1. The topological polar surface area (TPSA) is 115 Å². The molecule has 2 aliphatic carbocycles. The van der Waals surface area contributed by atoms with Crippen molar-refractivity contribution in [1.82, 2.24) is 10.3 Å². The van der Waals surface area contributed by atoms with E-state index >= 15 is 0 Å². The molecular weight excluding hydrogens is 416 g/mol. The SMILES string of the molecule is Cc1c(C(=O)NC(CCC2CC2)C(=O)Nc2cccc(C#N)c2)[nH]c2c1C(=O)CC(C)(C)C2. The van der Waals surface area contributed by atoms with Crippen molar-refractivity contribution in [3.8, 4) is 6.07 Å². The normalized spacial score (nSPS) is 17.6. The first-order valence-electron chi connectivity index (χ1n) is 11.5. The molecule has 1 heterocycles. The van der Waals surface area contributed by atoms with Gasteiger partial charge in [0, 0.05) is 23.4 Å². The summed E-state index contributed by atoms with van der Waals surface area (Å²) in [6, 6.07) is 8.04. The number of carbonyl (C=O) groups is 3. The van der Waals surface area contributed by atoms with Gasteiger partial charge in [0.2, 0.25) is 5.91 Å². The number of carbonyl (C=O) groups excluding carboxylic acids is 3. The van der Waals surface area contributed by atoms with Gasteiger partial charge in [-0.25, -0.2) is 0 Å². The average molecular weight is 447 g/mol. The lowest BCUT2D eigenvalue weighted by molar-refractivity contribution is -0.118. The maximum Gasteiger partial charge on any atom is 0.268 e. The molecule has 0 radical (unpaired) electrons. The Labute approximate surface area is 194 Å². The van der Waals surface area contributed by atoms with Crippen molar-refractivity contribution >= 4 is 23.3 Å². The Morgan fingerprint density at radius 3 is 2.73 bits per heavy atom. The molecule has 0 saturated heterocycles. The van der Waals surface area contributed by atoms with Gasteiger partial charge in [0.05, 0.1) is 11.6 Å². The number of aromatic amines is 1. The Kier molecular flexibility index (Phi) is 6.11. The van der Waals surface area contributed by atoms with E-state index in [-0.39, 0.29) is 23.0 Å². The molecule has 2 amide bonds. The van der Waals surface area contributed by atoms with Crippen LogP contribution in [-0.4, -0.2) is 28.6 Å². The number of benzene rings is 1. The summed E-state index contributed by atoms with van der Waals surface area (Å²) in [5.41, 5.74) is 3.22. The van der Waals surface area contributed by atoms with Crippen LogP contribution in [0.1, 0.15) is 83.6 Å². The predicted octanol–water partition coefficient (Wildman–Crippen LogP) is 4.28. The first kappa shape index (κ1) is 22.8. The van der Waals surface area contributed by atoms with E-state index in [1.807, 2.05) is 13.8 Å². The van der Waals surface area contributed by atoms with Crippen LogP contribution in [-0.2, 0) is 11.2 Å². The highest BCUT2D eigenvalue weighted by atomic mass is 16.2. The molecule has 1 atom stereocenters. The first-order valence-corrected chi connectivity index (χ1v) is 11.5. The number of amides is 2. The van der Waals surface area contributed by atoms with Gasteiger partial charge < -0.3 is 15.6 Å². The molecular formula is C26H30N4O3. The minimum atomic E-state index is -0.712. The molecule has 3 N–H and O–H groups in total. The number of hydrogen-bond donors (Lipinski definition) is 3. The van der Waals surface area contributed by atoms with E-state index in [0.29, 0.717) is 53.3 Å². The fourth-order valence-electron chi connectivity index (χ4n) is 4.66. The Hall–Kier alpha value is -3.40. The van der Waals surface area contributed by atoms with Crippen molar-refractivity contribution in [2.45, 2.75) is 65.3 Å². The van der Waals surface area contributed by atoms with Gasteiger partial charge in [0.1, 0.15) is 11.7 Å². The van der Waals surface area contributed by atoms with Gasteiger partial charge in [-0.05, 0) is 61.3 Å². The zero-order valence-corrected chi connectivity index (χ0v) is 19.4. The van der Waals surface area contributed by atoms with Crippen LogP contribution in [0.25, 0.3) is 0 Å². The molecule has 0 aliphatic heterocycles. The molecule has 2 aliphatic rings. The Morgan fingerprint density at radius 2 is 2.03 bits per heavy atom. The van der Waals surface area contributed by atoms with Gasteiger partial charge in [-0.1, -0.05) is 32.8 Å². The number of nitriles is 1. The van der Waals surface area contributed by atoms with Gasteiger partial charge >= 0.3 is 0 Å². The highest BCUT2D eigenvalue weighted by Crippen LogP contribution is 2.37. The zero-order chi connectivity index (χ0) is 23.8. The summed E-state index contributed by atoms with van der Waals surface area (Å²) in [6.07, 6.45) is 4.87. The summed E-state index contributed by atoms with van der Waals surface area (Å²) < 4.78 is 0. The average Bonchev–Trinajstić information content (AvgIpc) is 3.52. The van der Waals surface area contributed by atoms with Crippen LogP contribution < -0.4 is 10.6 Å². The Morgan fingerprint density at radius 1 is 1.27 bits per heavy atom. The molecule has 1 saturated carbocycles. The van der Waals surface area contributed by atoms with Gasteiger partial charge in [0.25, 0.3) is 5.91 Å². The van der Waals surface area contributed by atoms with E-state index in [9.17, 15) is 14.4 Å². The molecule has 33 heavy (non-hydrogen) atoms. The third-order valence-corrected chi connectivity index (χ3v) is 6.57. The Bertz CT molecular complexity index is 1150. The molecule has 7 nitrogen and oxygen atoms in total. The van der Waals surface area contributed by atoms with Gasteiger partial charge in [-0.2, -0.15) is 5.26 Å². The number of H-pyrrole nitrogens is 1. The van der Waals surface area contributed by atoms with Crippen LogP contribution in [0, 0.1) is 29.6 Å². The standard InChI is InChI=1S/C26H30N4O3/c1-15-22-20(12-26(2,3)13-21(22)31)29-23(15)25(33)30-19(10-9-16-7-8-16)24(32)28-18-6-4-5-17(11-18)14-27/h4-6,11,16,19,29H,7-10,12-13H2,1-3H3,(H,28,32)(H,30,33). The molecule has 1 aromatic carbocycles. The van der Waals surface area contributed by atoms with Crippen LogP contribution >= 0.6 is 0 Å². The zero-order valence-electron chi connectivity index (χ0n) is 19.4. The van der Waals surface area contributed by atoms with E-state index in [0.717, 1.165) is 25.0 Å².